The van der Waals surface area contributed by atoms with Crippen LogP contribution in [0.1, 0.15) is 12.0 Å². The second kappa shape index (κ2) is 6.02. The van der Waals surface area contributed by atoms with Gasteiger partial charge in [-0.15, -0.1) is 0 Å². The van der Waals surface area contributed by atoms with Crippen LogP contribution in [0.4, 0.5) is 0 Å². The summed E-state index contributed by atoms with van der Waals surface area (Å²) in [6, 6.07) is 17.9. The first-order valence-corrected chi connectivity index (χ1v) is 7.29. The monoisotopic (exact) mass is 295 g/mol. The molecule has 0 saturated carbocycles. The SMILES string of the molecule is O=C(O)C1CC(=O)N(Cc2ccccc2-c2ccccc2)C1. The van der Waals surface area contributed by atoms with Crippen LogP contribution >= 0.6 is 0 Å². The third-order valence-corrected chi connectivity index (χ3v) is 4.03. The van der Waals surface area contributed by atoms with Gasteiger partial charge in [0.15, 0.2) is 0 Å². The van der Waals surface area contributed by atoms with E-state index in [1.807, 2.05) is 54.6 Å². The fourth-order valence-electron chi connectivity index (χ4n) is 2.85. The molecule has 22 heavy (non-hydrogen) atoms. The quantitative estimate of drug-likeness (QED) is 0.943. The molecule has 1 N–H and O–H groups in total. The Hall–Kier alpha value is -2.62. The van der Waals surface area contributed by atoms with Crippen molar-refractivity contribution in [1.29, 1.82) is 0 Å². The average molecular weight is 295 g/mol. The van der Waals surface area contributed by atoms with Crippen molar-refractivity contribution in [2.75, 3.05) is 6.54 Å². The molecule has 0 aromatic heterocycles. The fraction of sp³-hybridized carbons (Fsp3) is 0.222. The number of aliphatic carboxylic acids is 1. The van der Waals surface area contributed by atoms with Gasteiger partial charge in [-0.1, -0.05) is 54.6 Å². The van der Waals surface area contributed by atoms with Crippen LogP contribution in [0, 0.1) is 5.92 Å². The van der Waals surface area contributed by atoms with Gasteiger partial charge in [0.25, 0.3) is 0 Å². The molecule has 4 heteroatoms. The van der Waals surface area contributed by atoms with Crippen LogP contribution in [-0.2, 0) is 16.1 Å². The van der Waals surface area contributed by atoms with E-state index in [-0.39, 0.29) is 18.9 Å². The van der Waals surface area contributed by atoms with Gasteiger partial charge in [0.1, 0.15) is 0 Å². The summed E-state index contributed by atoms with van der Waals surface area (Å²) in [6.45, 7) is 0.741. The van der Waals surface area contributed by atoms with Crippen molar-refractivity contribution in [3.8, 4) is 11.1 Å². The van der Waals surface area contributed by atoms with Crippen LogP contribution in [0.3, 0.4) is 0 Å². The lowest BCUT2D eigenvalue weighted by molar-refractivity contribution is -0.141. The van der Waals surface area contributed by atoms with Crippen molar-refractivity contribution in [2.24, 2.45) is 5.92 Å². The second-order valence-corrected chi connectivity index (χ2v) is 5.54. The van der Waals surface area contributed by atoms with Gasteiger partial charge in [-0.25, -0.2) is 0 Å². The van der Waals surface area contributed by atoms with Crippen molar-refractivity contribution in [3.63, 3.8) is 0 Å². The maximum Gasteiger partial charge on any atom is 0.308 e. The molecule has 1 saturated heterocycles. The van der Waals surface area contributed by atoms with E-state index in [1.54, 1.807) is 4.90 Å². The smallest absolute Gasteiger partial charge is 0.308 e. The van der Waals surface area contributed by atoms with Crippen LogP contribution in [0.5, 0.6) is 0 Å². The molecule has 1 aliphatic rings. The largest absolute Gasteiger partial charge is 0.481 e. The first-order chi connectivity index (χ1) is 10.6. The zero-order valence-electron chi connectivity index (χ0n) is 12.1. The number of benzene rings is 2. The molecule has 0 aliphatic carbocycles. The lowest BCUT2D eigenvalue weighted by atomic mass is 9.99. The van der Waals surface area contributed by atoms with Crippen LogP contribution in [0.25, 0.3) is 11.1 Å². The molecule has 1 aliphatic heterocycles. The molecule has 1 unspecified atom stereocenters. The van der Waals surface area contributed by atoms with E-state index in [2.05, 4.69) is 0 Å². The van der Waals surface area contributed by atoms with Gasteiger partial charge >= 0.3 is 5.97 Å². The van der Waals surface area contributed by atoms with Crippen molar-refractivity contribution in [1.82, 2.24) is 4.90 Å². The Balaban J connectivity index is 1.85. The Labute approximate surface area is 129 Å². The maximum atomic E-state index is 12.0. The number of hydrogen-bond donors (Lipinski definition) is 1. The summed E-state index contributed by atoms with van der Waals surface area (Å²) < 4.78 is 0. The van der Waals surface area contributed by atoms with Crippen molar-refractivity contribution in [2.45, 2.75) is 13.0 Å². The van der Waals surface area contributed by atoms with Gasteiger partial charge in [0.05, 0.1) is 5.92 Å². The summed E-state index contributed by atoms with van der Waals surface area (Å²) in [4.78, 5) is 24.7. The van der Waals surface area contributed by atoms with Crippen molar-refractivity contribution >= 4 is 11.9 Å². The van der Waals surface area contributed by atoms with Crippen LogP contribution < -0.4 is 0 Å². The van der Waals surface area contributed by atoms with E-state index in [9.17, 15) is 9.59 Å². The van der Waals surface area contributed by atoms with Crippen molar-refractivity contribution in [3.05, 3.63) is 60.2 Å². The number of amides is 1. The van der Waals surface area contributed by atoms with Crippen LogP contribution in [0.2, 0.25) is 0 Å². The first-order valence-electron chi connectivity index (χ1n) is 7.29. The number of carbonyl (C=O) groups excluding carboxylic acids is 1. The minimum Gasteiger partial charge on any atom is -0.481 e. The maximum absolute atomic E-state index is 12.0. The molecular formula is C18H17NO3. The summed E-state index contributed by atoms with van der Waals surface area (Å²) in [7, 11) is 0. The molecule has 1 heterocycles. The molecule has 0 spiro atoms. The minimum atomic E-state index is -0.896. The van der Waals surface area contributed by atoms with Gasteiger partial charge in [0.2, 0.25) is 5.91 Å². The number of nitrogens with zero attached hydrogens (tertiary/aromatic N) is 1. The molecule has 1 atom stereocenters. The second-order valence-electron chi connectivity index (χ2n) is 5.54. The van der Waals surface area contributed by atoms with E-state index in [4.69, 9.17) is 5.11 Å². The summed E-state index contributed by atoms with van der Waals surface area (Å²) in [5.41, 5.74) is 3.21. The third-order valence-electron chi connectivity index (χ3n) is 4.03. The molecule has 112 valence electrons. The Bertz CT molecular complexity index is 696. The van der Waals surface area contributed by atoms with E-state index in [1.165, 1.54) is 0 Å². The Morgan fingerprint density at radius 1 is 1.09 bits per heavy atom. The van der Waals surface area contributed by atoms with Crippen LogP contribution in [-0.4, -0.2) is 28.4 Å². The number of rotatable bonds is 4. The predicted octanol–water partition coefficient (Wildman–Crippen LogP) is 2.79. The molecule has 1 amide bonds. The van der Waals surface area contributed by atoms with E-state index >= 15 is 0 Å². The summed E-state index contributed by atoms with van der Waals surface area (Å²) in [5, 5.41) is 9.07. The highest BCUT2D eigenvalue weighted by molar-refractivity contribution is 5.86. The topological polar surface area (TPSA) is 57.6 Å². The lowest BCUT2D eigenvalue weighted by Gasteiger charge is -2.18. The predicted molar refractivity (Wildman–Crippen MR) is 83.0 cm³/mol. The minimum absolute atomic E-state index is 0.0877. The van der Waals surface area contributed by atoms with Gasteiger partial charge in [-0.3, -0.25) is 9.59 Å². The number of carboxylic acids is 1. The third kappa shape index (κ3) is 2.86. The highest BCUT2D eigenvalue weighted by Gasteiger charge is 2.34. The fourth-order valence-corrected chi connectivity index (χ4v) is 2.85. The van der Waals surface area contributed by atoms with E-state index < -0.39 is 11.9 Å². The molecule has 4 nitrogen and oxygen atoms in total. The number of likely N-dealkylation sites (tertiary alicyclic amines) is 1. The van der Waals surface area contributed by atoms with Gasteiger partial charge in [-0.2, -0.15) is 0 Å². The highest BCUT2D eigenvalue weighted by atomic mass is 16.4. The standard InChI is InChI=1S/C18H17NO3/c20-17-10-15(18(21)22)12-19(17)11-14-8-4-5-9-16(14)13-6-2-1-3-7-13/h1-9,15H,10-12H2,(H,21,22). The van der Waals surface area contributed by atoms with E-state index in [0.29, 0.717) is 6.54 Å². The Kier molecular flexibility index (Phi) is 3.92. The summed E-state index contributed by atoms with van der Waals surface area (Å²) in [6.07, 6.45) is 0.100. The zero-order valence-corrected chi connectivity index (χ0v) is 12.1. The normalized spacial score (nSPS) is 17.7. The molecule has 0 radical (unpaired) electrons. The van der Waals surface area contributed by atoms with E-state index in [0.717, 1.165) is 16.7 Å². The van der Waals surface area contributed by atoms with Gasteiger partial charge < -0.3 is 10.0 Å². The summed E-state index contributed by atoms with van der Waals surface area (Å²) >= 11 is 0. The summed E-state index contributed by atoms with van der Waals surface area (Å²) in [5.74, 6) is -1.57. The number of carbonyl (C=O) groups is 2. The molecule has 3 rings (SSSR count). The molecular weight excluding hydrogens is 278 g/mol. The molecule has 1 fully saturated rings. The number of carboxylic acid groups (broad SMARTS) is 1. The molecule has 2 aromatic carbocycles. The number of hydrogen-bond acceptors (Lipinski definition) is 2. The Morgan fingerprint density at radius 3 is 2.45 bits per heavy atom. The van der Waals surface area contributed by atoms with Gasteiger partial charge in [0, 0.05) is 19.5 Å². The zero-order chi connectivity index (χ0) is 15.5. The average Bonchev–Trinajstić information content (AvgIpc) is 2.90. The molecule has 0 bridgehead atoms. The van der Waals surface area contributed by atoms with Crippen molar-refractivity contribution < 1.29 is 14.7 Å². The lowest BCUT2D eigenvalue weighted by Crippen LogP contribution is -2.26. The first kappa shape index (κ1) is 14.3. The Morgan fingerprint density at radius 2 is 1.77 bits per heavy atom. The molecule has 2 aromatic rings. The van der Waals surface area contributed by atoms with Gasteiger partial charge in [-0.05, 0) is 16.7 Å². The highest BCUT2D eigenvalue weighted by Crippen LogP contribution is 2.27. The van der Waals surface area contributed by atoms with Crippen LogP contribution in [0.15, 0.2) is 54.6 Å².